The Labute approximate surface area is 119 Å². The molecule has 10 heteroatoms. The first-order valence-corrected chi connectivity index (χ1v) is 6.51. The quantitative estimate of drug-likeness (QED) is 0.607. The van der Waals surface area contributed by atoms with Gasteiger partial charge in [-0.2, -0.15) is 22.0 Å². The third-order valence-electron chi connectivity index (χ3n) is 3.16. The molecule has 1 amide bonds. The predicted octanol–water partition coefficient (Wildman–Crippen LogP) is 1.67. The van der Waals surface area contributed by atoms with Gasteiger partial charge >= 0.3 is 18.0 Å². The van der Waals surface area contributed by atoms with Crippen LogP contribution in [0.2, 0.25) is 0 Å². The molecular weight excluding hydrogens is 357 g/mol. The van der Waals surface area contributed by atoms with E-state index in [-0.39, 0.29) is 18.5 Å². The monoisotopic (exact) mass is 367 g/mol. The molecule has 0 bridgehead atoms. The van der Waals surface area contributed by atoms with Crippen molar-refractivity contribution in [2.45, 2.75) is 25.1 Å². The summed E-state index contributed by atoms with van der Waals surface area (Å²) in [5.74, 6) is -8.47. The molecule has 0 saturated carbocycles. The molecule has 2 unspecified atom stereocenters. The highest BCUT2D eigenvalue weighted by atomic mass is 79.9. The van der Waals surface area contributed by atoms with Gasteiger partial charge in [0.25, 0.3) is 0 Å². The van der Waals surface area contributed by atoms with Crippen LogP contribution in [0.25, 0.3) is 0 Å². The van der Waals surface area contributed by atoms with Gasteiger partial charge in [-0.15, -0.1) is 0 Å². The van der Waals surface area contributed by atoms with E-state index in [4.69, 9.17) is 4.74 Å². The lowest BCUT2D eigenvalue weighted by molar-refractivity contribution is -0.270. The van der Waals surface area contributed by atoms with Gasteiger partial charge in [-0.05, 0) is 6.92 Å². The summed E-state index contributed by atoms with van der Waals surface area (Å²) in [5, 5.41) is 1.43. The Kier molecular flexibility index (Phi) is 4.79. The summed E-state index contributed by atoms with van der Waals surface area (Å²) in [7, 11) is 0. The fraction of sp³-hybridized carbons (Fsp3) is 0.800. The Morgan fingerprint density at radius 2 is 1.90 bits per heavy atom. The largest absolute Gasteiger partial charge is 0.463 e. The lowest BCUT2D eigenvalue weighted by Gasteiger charge is -2.29. The number of ketones is 1. The van der Waals surface area contributed by atoms with E-state index in [1.165, 1.54) is 6.92 Å². The first-order valence-electron chi connectivity index (χ1n) is 5.39. The standard InChI is InChI=1S/C10H11BrF5NO3/c1-8(6(18)2-11)4-20-3-5(8)17-7(19)9(12,13)10(14,15)16/h5H,2-4H2,1H3,(H,17,19). The zero-order chi connectivity index (χ0) is 15.8. The Hall–Kier alpha value is -0.770. The van der Waals surface area contributed by atoms with Crippen LogP contribution in [0, 0.1) is 5.41 Å². The maximum atomic E-state index is 12.8. The van der Waals surface area contributed by atoms with Crippen LogP contribution in [0.5, 0.6) is 0 Å². The molecule has 1 saturated heterocycles. The SMILES string of the molecule is CC1(C(=O)CBr)COCC1NC(=O)C(F)(F)C(F)(F)F. The molecule has 0 radical (unpaired) electrons. The fourth-order valence-corrected chi connectivity index (χ4v) is 2.32. The van der Waals surface area contributed by atoms with Crippen LogP contribution in [0.1, 0.15) is 6.92 Å². The van der Waals surface area contributed by atoms with Gasteiger partial charge in [-0.25, -0.2) is 0 Å². The summed E-state index contributed by atoms with van der Waals surface area (Å²) >= 11 is 2.88. The van der Waals surface area contributed by atoms with Crippen LogP contribution in [-0.2, 0) is 14.3 Å². The minimum Gasteiger partial charge on any atom is -0.378 e. The molecule has 0 aliphatic carbocycles. The molecule has 20 heavy (non-hydrogen) atoms. The summed E-state index contributed by atoms with van der Waals surface area (Å²) in [4.78, 5) is 22.8. The number of carbonyl (C=O) groups excluding carboxylic acids is 2. The van der Waals surface area contributed by atoms with Crippen LogP contribution in [-0.4, -0.2) is 48.4 Å². The number of carbonyl (C=O) groups is 2. The van der Waals surface area contributed by atoms with E-state index in [1.54, 1.807) is 5.32 Å². The second-order valence-corrected chi connectivity index (χ2v) is 5.15. The van der Waals surface area contributed by atoms with Crippen molar-refractivity contribution < 1.29 is 36.3 Å². The fourth-order valence-electron chi connectivity index (χ4n) is 1.68. The Morgan fingerprint density at radius 3 is 2.35 bits per heavy atom. The molecule has 1 heterocycles. The van der Waals surface area contributed by atoms with Gasteiger partial charge in [0.1, 0.15) is 0 Å². The average Bonchev–Trinajstić information content (AvgIpc) is 2.69. The van der Waals surface area contributed by atoms with Crippen molar-refractivity contribution in [1.29, 1.82) is 0 Å². The number of ether oxygens (including phenoxy) is 1. The number of nitrogens with one attached hydrogen (secondary N) is 1. The van der Waals surface area contributed by atoms with Crippen LogP contribution in [0.3, 0.4) is 0 Å². The predicted molar refractivity (Wildman–Crippen MR) is 60.7 cm³/mol. The molecule has 0 spiro atoms. The molecular formula is C10H11BrF5NO3. The number of Topliss-reactive ketones (excluding diaryl/α,β-unsaturated/α-hetero) is 1. The molecule has 0 aromatic heterocycles. The molecule has 0 aromatic rings. The topological polar surface area (TPSA) is 55.4 Å². The van der Waals surface area contributed by atoms with Gasteiger partial charge in [0.2, 0.25) is 0 Å². The maximum absolute atomic E-state index is 12.8. The van der Waals surface area contributed by atoms with Gasteiger partial charge < -0.3 is 10.1 Å². The third kappa shape index (κ3) is 2.95. The summed E-state index contributed by atoms with van der Waals surface area (Å²) < 4.78 is 66.8. The second-order valence-electron chi connectivity index (χ2n) is 4.59. The third-order valence-corrected chi connectivity index (χ3v) is 3.67. The molecule has 1 rings (SSSR count). The Bertz CT molecular complexity index is 414. The lowest BCUT2D eigenvalue weighted by Crippen LogP contribution is -2.57. The van der Waals surface area contributed by atoms with Crippen molar-refractivity contribution in [1.82, 2.24) is 5.32 Å². The lowest BCUT2D eigenvalue weighted by atomic mass is 9.81. The highest BCUT2D eigenvalue weighted by molar-refractivity contribution is 9.09. The smallest absolute Gasteiger partial charge is 0.378 e. The molecule has 1 fully saturated rings. The second kappa shape index (κ2) is 5.55. The number of amides is 1. The highest BCUT2D eigenvalue weighted by Crippen LogP contribution is 2.37. The van der Waals surface area contributed by atoms with E-state index < -0.39 is 35.2 Å². The van der Waals surface area contributed by atoms with E-state index >= 15 is 0 Å². The van der Waals surface area contributed by atoms with Crippen molar-refractivity contribution in [2.24, 2.45) is 5.41 Å². The van der Waals surface area contributed by atoms with Crippen LogP contribution >= 0.6 is 15.9 Å². The normalized spacial score (nSPS) is 27.4. The molecule has 0 aromatic carbocycles. The number of alkyl halides is 6. The van der Waals surface area contributed by atoms with E-state index in [0.717, 1.165) is 0 Å². The first-order chi connectivity index (χ1) is 8.96. The minimum atomic E-state index is -5.99. The first kappa shape index (κ1) is 17.3. The van der Waals surface area contributed by atoms with Gasteiger partial charge in [-0.1, -0.05) is 15.9 Å². The zero-order valence-electron chi connectivity index (χ0n) is 10.2. The number of hydrogen-bond donors (Lipinski definition) is 1. The summed E-state index contributed by atoms with van der Waals surface area (Å²) in [6.07, 6.45) is -5.99. The van der Waals surface area contributed by atoms with Crippen LogP contribution < -0.4 is 5.32 Å². The Morgan fingerprint density at radius 1 is 1.35 bits per heavy atom. The summed E-state index contributed by atoms with van der Waals surface area (Å²) in [6.45, 7) is 0.856. The molecule has 2 atom stereocenters. The van der Waals surface area contributed by atoms with Crippen LogP contribution in [0.15, 0.2) is 0 Å². The van der Waals surface area contributed by atoms with E-state index in [9.17, 15) is 31.5 Å². The minimum absolute atomic E-state index is 0.130. The average molecular weight is 368 g/mol. The molecule has 116 valence electrons. The number of halogens is 6. The van der Waals surface area contributed by atoms with Crippen molar-refractivity contribution in [3.8, 4) is 0 Å². The zero-order valence-corrected chi connectivity index (χ0v) is 11.8. The molecule has 4 nitrogen and oxygen atoms in total. The highest BCUT2D eigenvalue weighted by Gasteiger charge is 2.64. The van der Waals surface area contributed by atoms with E-state index in [2.05, 4.69) is 15.9 Å². The van der Waals surface area contributed by atoms with Gasteiger partial charge in [-0.3, -0.25) is 9.59 Å². The van der Waals surface area contributed by atoms with Crippen molar-refractivity contribution in [2.75, 3.05) is 18.5 Å². The molecule has 1 aliphatic rings. The summed E-state index contributed by atoms with van der Waals surface area (Å²) in [5.41, 5.74) is -1.35. The van der Waals surface area contributed by atoms with Gasteiger partial charge in [0, 0.05) is 0 Å². The maximum Gasteiger partial charge on any atom is 0.463 e. The number of hydrogen-bond acceptors (Lipinski definition) is 3. The van der Waals surface area contributed by atoms with Crippen molar-refractivity contribution in [3.05, 3.63) is 0 Å². The van der Waals surface area contributed by atoms with E-state index in [1.807, 2.05) is 0 Å². The van der Waals surface area contributed by atoms with Crippen molar-refractivity contribution in [3.63, 3.8) is 0 Å². The molecule has 1 N–H and O–H groups in total. The van der Waals surface area contributed by atoms with Crippen LogP contribution in [0.4, 0.5) is 22.0 Å². The Balaban J connectivity index is 2.88. The molecule has 1 aliphatic heterocycles. The van der Waals surface area contributed by atoms with Gasteiger partial charge in [0.05, 0.1) is 30.0 Å². The van der Waals surface area contributed by atoms with Gasteiger partial charge in [0.15, 0.2) is 5.78 Å². The summed E-state index contributed by atoms with van der Waals surface area (Å²) in [6, 6.07) is -1.24. The van der Waals surface area contributed by atoms with Crippen molar-refractivity contribution >= 4 is 27.6 Å². The number of rotatable bonds is 4. The van der Waals surface area contributed by atoms with E-state index in [0.29, 0.717) is 0 Å².